The predicted octanol–water partition coefficient (Wildman–Crippen LogP) is 2.11. The lowest BCUT2D eigenvalue weighted by atomic mass is 9.77. The van der Waals surface area contributed by atoms with E-state index in [9.17, 15) is 9.90 Å². The highest BCUT2D eigenvalue weighted by Crippen LogP contribution is 2.42. The van der Waals surface area contributed by atoms with E-state index in [1.54, 1.807) is 0 Å². The van der Waals surface area contributed by atoms with E-state index in [1.807, 2.05) is 35.5 Å². The van der Waals surface area contributed by atoms with Crippen LogP contribution in [0.4, 0.5) is 0 Å². The van der Waals surface area contributed by atoms with Gasteiger partial charge in [0, 0.05) is 13.1 Å². The molecule has 3 aromatic rings. The number of imidazole rings is 1. The summed E-state index contributed by atoms with van der Waals surface area (Å²) in [4.78, 5) is 22.8. The maximum Gasteiger partial charge on any atom is 0.275 e. The van der Waals surface area contributed by atoms with Gasteiger partial charge in [-0.25, -0.2) is 9.97 Å². The molecule has 4 atom stereocenters. The van der Waals surface area contributed by atoms with Gasteiger partial charge in [0.2, 0.25) is 0 Å². The summed E-state index contributed by atoms with van der Waals surface area (Å²) in [5.41, 5.74) is 2.33. The Hall–Kier alpha value is -2.67. The summed E-state index contributed by atoms with van der Waals surface area (Å²) in [6.07, 6.45) is 5.60. The summed E-state index contributed by atoms with van der Waals surface area (Å²) >= 11 is 0. The van der Waals surface area contributed by atoms with Gasteiger partial charge in [-0.2, -0.15) is 0 Å². The molecule has 1 N–H and O–H groups in total. The Morgan fingerprint density at radius 1 is 1.15 bits per heavy atom. The smallest absolute Gasteiger partial charge is 0.275 e. The second kappa shape index (κ2) is 5.95. The zero-order chi connectivity index (χ0) is 17.7. The number of para-hydroxylation sites is 2. The largest absolute Gasteiger partial charge is 0.451 e. The minimum absolute atomic E-state index is 0.00856. The lowest BCUT2D eigenvalue weighted by molar-refractivity contribution is 0.0374. The third kappa shape index (κ3) is 2.42. The lowest BCUT2D eigenvalue weighted by Crippen LogP contribution is -2.36. The highest BCUT2D eigenvalue weighted by Gasteiger charge is 2.44. The number of hydrogen-bond acceptors (Lipinski definition) is 5. The number of nitrogens with zero attached hydrogens (tertiary/aromatic N) is 4. The maximum atomic E-state index is 12.5. The van der Waals surface area contributed by atoms with Crippen LogP contribution in [0.3, 0.4) is 0 Å². The monoisotopic (exact) mass is 352 g/mol. The van der Waals surface area contributed by atoms with Gasteiger partial charge in [0.05, 0.1) is 29.5 Å². The number of carbonyl (C=O) groups excluding carboxylic acids is 1. The summed E-state index contributed by atoms with van der Waals surface area (Å²) in [7, 11) is 0. The van der Waals surface area contributed by atoms with Gasteiger partial charge < -0.3 is 19.0 Å². The van der Waals surface area contributed by atoms with Crippen LogP contribution in [0.15, 0.2) is 47.7 Å². The molecule has 2 fully saturated rings. The molecular formula is C19H20N4O3. The number of benzene rings is 1. The van der Waals surface area contributed by atoms with Crippen molar-refractivity contribution in [2.45, 2.75) is 25.0 Å². The number of aromatic nitrogens is 3. The molecule has 2 aliphatic rings. The van der Waals surface area contributed by atoms with Gasteiger partial charge in [-0.1, -0.05) is 12.1 Å². The average Bonchev–Trinajstić information content (AvgIpc) is 3.39. The molecule has 26 heavy (non-hydrogen) atoms. The molecule has 0 unspecified atom stereocenters. The van der Waals surface area contributed by atoms with Crippen molar-refractivity contribution in [1.82, 2.24) is 19.4 Å². The van der Waals surface area contributed by atoms with E-state index in [2.05, 4.69) is 14.5 Å². The van der Waals surface area contributed by atoms with E-state index >= 15 is 0 Å². The standard InChI is InChI=1S/C19H20N4O3/c24-18-6-13-8-22(19(25)15-9-26-11-21-15)7-12(13)5-17(18)23-10-20-14-3-1-2-4-16(14)23/h1-4,9-13,17-18,24H,5-8H2/t12-,13+,17-,18-/m1/s1. The molecule has 134 valence electrons. The van der Waals surface area contributed by atoms with Crippen molar-refractivity contribution in [2.75, 3.05) is 13.1 Å². The minimum atomic E-state index is -0.434. The quantitative estimate of drug-likeness (QED) is 0.764. The summed E-state index contributed by atoms with van der Waals surface area (Å²) in [6, 6.07) is 7.98. The van der Waals surface area contributed by atoms with Crippen LogP contribution in [0.1, 0.15) is 29.4 Å². The van der Waals surface area contributed by atoms with E-state index in [0.29, 0.717) is 37.0 Å². The average molecular weight is 352 g/mol. The number of likely N-dealkylation sites (tertiary alicyclic amines) is 1. The van der Waals surface area contributed by atoms with E-state index in [1.165, 1.54) is 12.7 Å². The van der Waals surface area contributed by atoms with Crippen LogP contribution < -0.4 is 0 Å². The number of carbonyl (C=O) groups is 1. The molecule has 2 aromatic heterocycles. The number of aliphatic hydroxyl groups excluding tert-OH is 1. The molecule has 1 aromatic carbocycles. The maximum absolute atomic E-state index is 12.5. The van der Waals surface area contributed by atoms with Crippen molar-refractivity contribution in [1.29, 1.82) is 0 Å². The first kappa shape index (κ1) is 15.6. The normalized spacial score (nSPS) is 28.4. The highest BCUT2D eigenvalue weighted by atomic mass is 16.3. The number of fused-ring (bicyclic) bond motifs is 2. The summed E-state index contributed by atoms with van der Waals surface area (Å²) < 4.78 is 7.02. The zero-order valence-corrected chi connectivity index (χ0v) is 14.2. The Balaban J connectivity index is 1.38. The van der Waals surface area contributed by atoms with E-state index in [4.69, 9.17) is 4.42 Å². The fourth-order valence-corrected chi connectivity index (χ4v) is 4.59. The van der Waals surface area contributed by atoms with Crippen molar-refractivity contribution < 1.29 is 14.3 Å². The molecule has 0 radical (unpaired) electrons. The van der Waals surface area contributed by atoms with E-state index in [0.717, 1.165) is 17.5 Å². The summed E-state index contributed by atoms with van der Waals surface area (Å²) in [5.74, 6) is 0.611. The Labute approximate surface area is 150 Å². The first-order valence-corrected chi connectivity index (χ1v) is 8.98. The number of rotatable bonds is 2. The van der Waals surface area contributed by atoms with Crippen molar-refractivity contribution >= 4 is 16.9 Å². The topological polar surface area (TPSA) is 84.4 Å². The molecule has 1 saturated heterocycles. The molecule has 1 amide bonds. The van der Waals surface area contributed by atoms with Crippen LogP contribution in [0.25, 0.3) is 11.0 Å². The van der Waals surface area contributed by atoms with Crippen LogP contribution in [-0.2, 0) is 0 Å². The molecule has 1 saturated carbocycles. The van der Waals surface area contributed by atoms with Crippen molar-refractivity contribution in [3.63, 3.8) is 0 Å². The number of amides is 1. The third-order valence-corrected chi connectivity index (χ3v) is 5.89. The second-order valence-corrected chi connectivity index (χ2v) is 7.35. The van der Waals surface area contributed by atoms with Crippen LogP contribution in [0, 0.1) is 11.8 Å². The second-order valence-electron chi connectivity index (χ2n) is 7.35. The first-order valence-electron chi connectivity index (χ1n) is 8.98. The van der Waals surface area contributed by atoms with Crippen molar-refractivity contribution in [3.8, 4) is 0 Å². The van der Waals surface area contributed by atoms with Gasteiger partial charge in [-0.3, -0.25) is 4.79 Å². The Morgan fingerprint density at radius 2 is 1.96 bits per heavy atom. The van der Waals surface area contributed by atoms with E-state index in [-0.39, 0.29) is 11.9 Å². The van der Waals surface area contributed by atoms with Crippen LogP contribution in [0.5, 0.6) is 0 Å². The van der Waals surface area contributed by atoms with E-state index < -0.39 is 6.10 Å². The lowest BCUT2D eigenvalue weighted by Gasteiger charge is -2.36. The Morgan fingerprint density at radius 3 is 2.77 bits per heavy atom. The highest BCUT2D eigenvalue weighted by molar-refractivity contribution is 5.92. The van der Waals surface area contributed by atoms with Crippen molar-refractivity contribution in [3.05, 3.63) is 48.9 Å². The molecule has 1 aliphatic heterocycles. The van der Waals surface area contributed by atoms with Gasteiger partial charge in [0.15, 0.2) is 12.1 Å². The number of hydrogen-bond donors (Lipinski definition) is 1. The zero-order valence-electron chi connectivity index (χ0n) is 14.2. The molecule has 1 aliphatic carbocycles. The van der Waals surface area contributed by atoms with Gasteiger partial charge in [0.1, 0.15) is 6.26 Å². The van der Waals surface area contributed by atoms with Crippen LogP contribution in [-0.4, -0.2) is 49.6 Å². The first-order chi connectivity index (χ1) is 12.7. The predicted molar refractivity (Wildman–Crippen MR) is 93.4 cm³/mol. The molecule has 0 spiro atoms. The van der Waals surface area contributed by atoms with Crippen molar-refractivity contribution in [2.24, 2.45) is 11.8 Å². The molecule has 3 heterocycles. The number of aliphatic hydroxyl groups is 1. The SMILES string of the molecule is O=C(c1cocn1)N1C[C@H]2C[C@@H](n3cnc4ccccc43)[C@H](O)C[C@H]2C1. The summed E-state index contributed by atoms with van der Waals surface area (Å²) in [6.45, 7) is 1.37. The Bertz CT molecular complexity index is 935. The Kier molecular flexibility index (Phi) is 3.56. The molecular weight excluding hydrogens is 332 g/mol. The van der Waals surface area contributed by atoms with Gasteiger partial charge in [-0.15, -0.1) is 0 Å². The van der Waals surface area contributed by atoms with Crippen LogP contribution in [0.2, 0.25) is 0 Å². The fraction of sp³-hybridized carbons (Fsp3) is 0.421. The molecule has 0 bridgehead atoms. The molecule has 5 rings (SSSR count). The fourth-order valence-electron chi connectivity index (χ4n) is 4.59. The van der Waals surface area contributed by atoms with Gasteiger partial charge >= 0.3 is 0 Å². The van der Waals surface area contributed by atoms with Gasteiger partial charge in [0.25, 0.3) is 5.91 Å². The number of oxazole rings is 1. The summed E-state index contributed by atoms with van der Waals surface area (Å²) in [5, 5.41) is 10.8. The minimum Gasteiger partial charge on any atom is -0.451 e. The van der Waals surface area contributed by atoms with Gasteiger partial charge in [-0.05, 0) is 36.8 Å². The third-order valence-electron chi connectivity index (χ3n) is 5.89. The molecule has 7 nitrogen and oxygen atoms in total. The molecule has 7 heteroatoms. The van der Waals surface area contributed by atoms with Crippen LogP contribution >= 0.6 is 0 Å².